The fourth-order valence-electron chi connectivity index (χ4n) is 1.53. The van der Waals surface area contributed by atoms with Crippen molar-refractivity contribution in [2.45, 2.75) is 60.1 Å². The highest BCUT2D eigenvalue weighted by atomic mass is 31.0. The number of alkyl halides is 4. The maximum Gasteiger partial charge on any atom is 0.397 e. The van der Waals surface area contributed by atoms with Crippen molar-refractivity contribution >= 4 is 9.24 Å². The predicted octanol–water partition coefficient (Wildman–Crippen LogP) is 5.19. The Morgan fingerprint density at radius 2 is 0.941 bits per heavy atom. The molecule has 0 aliphatic rings. The van der Waals surface area contributed by atoms with Gasteiger partial charge >= 0.3 is 6.18 Å². The Morgan fingerprint density at radius 1 is 0.647 bits per heavy atom. The van der Waals surface area contributed by atoms with Gasteiger partial charge in [-0.3, -0.25) is 0 Å². The summed E-state index contributed by atoms with van der Waals surface area (Å²) < 4.78 is 53.9. The van der Waals surface area contributed by atoms with Gasteiger partial charge < -0.3 is 0 Å². The van der Waals surface area contributed by atoms with E-state index in [4.69, 9.17) is 0 Å². The molecular formula is C12H23F4P. The van der Waals surface area contributed by atoms with Crippen molar-refractivity contribution in [3.63, 3.8) is 0 Å². The Labute approximate surface area is 104 Å². The van der Waals surface area contributed by atoms with Gasteiger partial charge in [0.15, 0.2) is 0 Å². The normalized spacial score (nSPS) is 19.1. The molecule has 0 aromatic carbocycles. The third-order valence-corrected chi connectivity index (χ3v) is 5.85. The third kappa shape index (κ3) is 2.47. The van der Waals surface area contributed by atoms with E-state index >= 15 is 0 Å². The number of hydrogen-bond donors (Lipinski definition) is 0. The van der Waals surface area contributed by atoms with Crippen LogP contribution in [0.3, 0.4) is 0 Å². The van der Waals surface area contributed by atoms with Crippen molar-refractivity contribution < 1.29 is 17.6 Å². The largest absolute Gasteiger partial charge is 0.397 e. The Hall–Kier alpha value is 0.150. The van der Waals surface area contributed by atoms with Crippen LogP contribution in [0.15, 0.2) is 0 Å². The molecule has 0 nitrogen and oxygen atoms in total. The number of rotatable bonds is 2. The van der Waals surface area contributed by atoms with Crippen LogP contribution in [0.5, 0.6) is 0 Å². The highest BCUT2D eigenvalue weighted by Crippen LogP contribution is 2.63. The van der Waals surface area contributed by atoms with Crippen molar-refractivity contribution in [2.75, 3.05) is 0 Å². The Bertz CT molecular complexity index is 254. The summed E-state index contributed by atoms with van der Waals surface area (Å²) in [7, 11) is 1.79. The second-order valence-corrected chi connectivity index (χ2v) is 7.51. The van der Waals surface area contributed by atoms with E-state index in [2.05, 4.69) is 0 Å². The average molecular weight is 274 g/mol. The van der Waals surface area contributed by atoms with Crippen LogP contribution in [0.2, 0.25) is 0 Å². The van der Waals surface area contributed by atoms with Crippen LogP contribution in [0, 0.1) is 16.2 Å². The van der Waals surface area contributed by atoms with Crippen molar-refractivity contribution in [2.24, 2.45) is 16.2 Å². The molecule has 0 rings (SSSR count). The Morgan fingerprint density at radius 3 is 1.12 bits per heavy atom. The second kappa shape index (κ2) is 4.08. The first-order valence-corrected chi connectivity index (χ1v) is 6.12. The Kier molecular flexibility index (Phi) is 4.11. The summed E-state index contributed by atoms with van der Waals surface area (Å²) in [6.45, 7) is 10.1. The summed E-state index contributed by atoms with van der Waals surface area (Å²) >= 11 is 0. The predicted molar refractivity (Wildman–Crippen MR) is 66.6 cm³/mol. The summed E-state index contributed by atoms with van der Waals surface area (Å²) in [5, 5.41) is -2.45. The molecule has 17 heavy (non-hydrogen) atoms. The molecule has 0 saturated heterocycles. The van der Waals surface area contributed by atoms with Gasteiger partial charge in [-0.1, -0.05) is 43.9 Å². The molecule has 0 spiro atoms. The zero-order chi connectivity index (χ0) is 14.5. The maximum atomic E-state index is 14.9. The van der Waals surface area contributed by atoms with E-state index < -0.39 is 27.8 Å². The first-order valence-electron chi connectivity index (χ1n) is 5.54. The van der Waals surface area contributed by atoms with Gasteiger partial charge in [0, 0.05) is 5.41 Å². The molecule has 2 unspecified atom stereocenters. The van der Waals surface area contributed by atoms with Crippen LogP contribution in [-0.2, 0) is 0 Å². The van der Waals surface area contributed by atoms with Gasteiger partial charge in [-0.15, -0.1) is 0 Å². The lowest BCUT2D eigenvalue weighted by atomic mass is 9.60. The van der Waals surface area contributed by atoms with Crippen LogP contribution in [-0.4, -0.2) is 11.6 Å². The Balaban J connectivity index is 5.73. The van der Waals surface area contributed by atoms with E-state index in [1.165, 1.54) is 13.8 Å². The average Bonchev–Trinajstić information content (AvgIpc) is 1.98. The van der Waals surface area contributed by atoms with E-state index in [0.29, 0.717) is 0 Å². The van der Waals surface area contributed by atoms with Crippen LogP contribution >= 0.6 is 9.24 Å². The standard InChI is InChI=1S/C12H23F4P/c1-8(2,3)9(4,5)11(13,17)10(6,7)12(14,15)16/h17H2,1-7H3. The summed E-state index contributed by atoms with van der Waals surface area (Å²) in [4.78, 5) is 0. The molecular weight excluding hydrogens is 251 g/mol. The van der Waals surface area contributed by atoms with Gasteiger partial charge in [0.1, 0.15) is 5.41 Å². The molecule has 0 amide bonds. The van der Waals surface area contributed by atoms with Gasteiger partial charge in [0.05, 0.1) is 5.41 Å². The molecule has 2 atom stereocenters. The topological polar surface area (TPSA) is 0 Å². The minimum absolute atomic E-state index is 0.591. The summed E-state index contributed by atoms with van der Waals surface area (Å²) in [6.07, 6.45) is -4.59. The molecule has 0 aromatic rings. The van der Waals surface area contributed by atoms with E-state index in [-0.39, 0.29) is 0 Å². The highest BCUT2D eigenvalue weighted by molar-refractivity contribution is 7.18. The lowest BCUT2D eigenvalue weighted by Gasteiger charge is -2.54. The highest BCUT2D eigenvalue weighted by Gasteiger charge is 2.66. The lowest BCUT2D eigenvalue weighted by Crippen LogP contribution is -2.58. The summed E-state index contributed by atoms with van der Waals surface area (Å²) in [6, 6.07) is 0. The number of hydrogen-bond acceptors (Lipinski definition) is 0. The molecule has 0 radical (unpaired) electrons. The quantitative estimate of drug-likeness (QED) is 0.480. The third-order valence-electron chi connectivity index (χ3n) is 4.40. The van der Waals surface area contributed by atoms with Crippen molar-refractivity contribution in [3.05, 3.63) is 0 Å². The molecule has 104 valence electrons. The molecule has 0 saturated carbocycles. The fourth-order valence-corrected chi connectivity index (χ4v) is 2.13. The monoisotopic (exact) mass is 274 g/mol. The molecule has 0 aliphatic heterocycles. The summed E-state index contributed by atoms with van der Waals surface area (Å²) in [5.41, 5.74) is -4.17. The molecule has 0 heterocycles. The van der Waals surface area contributed by atoms with E-state index in [0.717, 1.165) is 13.8 Å². The lowest BCUT2D eigenvalue weighted by molar-refractivity contribution is -0.260. The minimum atomic E-state index is -4.59. The van der Waals surface area contributed by atoms with Crippen molar-refractivity contribution in [1.82, 2.24) is 0 Å². The molecule has 0 aliphatic carbocycles. The van der Waals surface area contributed by atoms with Crippen LogP contribution in [0.25, 0.3) is 0 Å². The van der Waals surface area contributed by atoms with E-state index in [9.17, 15) is 17.6 Å². The zero-order valence-corrected chi connectivity index (χ0v) is 12.7. The van der Waals surface area contributed by atoms with E-state index in [1.807, 2.05) is 0 Å². The van der Waals surface area contributed by atoms with Crippen LogP contribution < -0.4 is 0 Å². The van der Waals surface area contributed by atoms with Crippen LogP contribution in [0.4, 0.5) is 17.6 Å². The molecule has 0 fully saturated rings. The smallest absolute Gasteiger partial charge is 0.238 e. The van der Waals surface area contributed by atoms with E-state index in [1.54, 1.807) is 30.0 Å². The van der Waals surface area contributed by atoms with Crippen LogP contribution in [0.1, 0.15) is 48.5 Å². The number of halogens is 4. The molecule has 5 heteroatoms. The molecule has 0 aromatic heterocycles. The van der Waals surface area contributed by atoms with Crippen molar-refractivity contribution in [3.8, 4) is 0 Å². The first-order chi connectivity index (χ1) is 7.00. The minimum Gasteiger partial charge on any atom is -0.238 e. The second-order valence-electron chi connectivity index (χ2n) is 6.71. The molecule has 0 N–H and O–H groups in total. The van der Waals surface area contributed by atoms with Gasteiger partial charge in [-0.2, -0.15) is 13.2 Å². The zero-order valence-electron chi connectivity index (χ0n) is 11.6. The van der Waals surface area contributed by atoms with Gasteiger partial charge in [-0.25, -0.2) is 4.39 Å². The first kappa shape index (κ1) is 17.2. The van der Waals surface area contributed by atoms with Gasteiger partial charge in [0.2, 0.25) is 0 Å². The van der Waals surface area contributed by atoms with Gasteiger partial charge in [0.25, 0.3) is 0 Å². The summed E-state index contributed by atoms with van der Waals surface area (Å²) in [5.74, 6) is 0. The fraction of sp³-hybridized carbons (Fsp3) is 1.00. The van der Waals surface area contributed by atoms with Gasteiger partial charge in [-0.05, 0) is 19.3 Å². The van der Waals surface area contributed by atoms with Crippen molar-refractivity contribution in [1.29, 1.82) is 0 Å². The molecule has 0 bridgehead atoms. The maximum absolute atomic E-state index is 14.9. The SMILES string of the molecule is CC(C)(C)C(C)(C)C(F)(P)C(C)(C)C(F)(F)F.